The summed E-state index contributed by atoms with van der Waals surface area (Å²) in [6.45, 7) is 2.87. The first kappa shape index (κ1) is 34.8. The fraction of sp³-hybridized carbons (Fsp3) is 0.222. The van der Waals surface area contributed by atoms with Crippen LogP contribution in [-0.4, -0.2) is 101 Å². The lowest BCUT2D eigenvalue weighted by atomic mass is 10.1. The molecule has 264 valence electrons. The molecule has 0 saturated carbocycles. The maximum atomic E-state index is 13.2. The number of benzene rings is 3. The van der Waals surface area contributed by atoms with Crippen molar-refractivity contribution in [2.24, 2.45) is 0 Å². The molecule has 0 aliphatic heterocycles. The molecule has 0 bridgehead atoms. The van der Waals surface area contributed by atoms with E-state index < -0.39 is 0 Å². The molecule has 3 heterocycles. The van der Waals surface area contributed by atoms with Crippen LogP contribution < -0.4 is 31.9 Å². The molecule has 3 aromatic carbocycles. The molecule has 0 saturated heterocycles. The van der Waals surface area contributed by atoms with Crippen molar-refractivity contribution in [2.45, 2.75) is 0 Å². The summed E-state index contributed by atoms with van der Waals surface area (Å²) in [5.41, 5.74) is 4.63. The van der Waals surface area contributed by atoms with Crippen LogP contribution in [0.15, 0.2) is 72.8 Å². The SMILES string of the molecule is O=C(Nc1ccc2cc(C(=O)NCCNCCO)[nH]c2c1)c1ccc2[nH]c(C(=O)Nc3ccc4cc(C(=O)NCCNCCO)[nH]c4c3)cc2c1. The van der Waals surface area contributed by atoms with Crippen LogP contribution in [0, 0.1) is 0 Å². The number of aromatic amines is 3. The quantitative estimate of drug-likeness (QED) is 0.0673. The lowest BCUT2D eigenvalue weighted by Crippen LogP contribution is -2.33. The van der Waals surface area contributed by atoms with Crippen molar-refractivity contribution in [1.82, 2.24) is 36.2 Å². The van der Waals surface area contributed by atoms with Gasteiger partial charge in [-0.15, -0.1) is 0 Å². The third-order valence-electron chi connectivity index (χ3n) is 8.13. The van der Waals surface area contributed by atoms with Crippen LogP contribution >= 0.6 is 0 Å². The average molecular weight is 694 g/mol. The van der Waals surface area contributed by atoms with Crippen LogP contribution in [0.2, 0.25) is 0 Å². The molecule has 0 radical (unpaired) electrons. The van der Waals surface area contributed by atoms with Crippen LogP contribution in [0.3, 0.4) is 0 Å². The van der Waals surface area contributed by atoms with E-state index in [9.17, 15) is 19.2 Å². The highest BCUT2D eigenvalue weighted by Gasteiger charge is 2.15. The zero-order valence-electron chi connectivity index (χ0n) is 27.6. The molecule has 15 nitrogen and oxygen atoms in total. The number of nitrogens with one attached hydrogen (secondary N) is 9. The Morgan fingerprint density at radius 1 is 0.471 bits per heavy atom. The standard InChI is InChI=1S/C36H39N9O6/c46-13-11-37-7-9-39-34(49)30-16-21-1-4-25(19-28(21)44-30)41-33(48)23-3-6-27-24(15-23)18-32(43-27)36(51)42-26-5-2-22-17-31(45-29(22)20-26)35(50)40-10-8-38-12-14-47/h1-6,15-20,37-38,43-47H,7-14H2,(H,39,49)(H,40,50)(H,41,48)(H,42,51). The van der Waals surface area contributed by atoms with Gasteiger partial charge in [0, 0.05) is 88.9 Å². The van der Waals surface area contributed by atoms with E-state index in [0.29, 0.717) is 95.2 Å². The van der Waals surface area contributed by atoms with Gasteiger partial charge < -0.3 is 57.1 Å². The lowest BCUT2D eigenvalue weighted by molar-refractivity contribution is 0.0941. The van der Waals surface area contributed by atoms with Crippen molar-refractivity contribution in [3.63, 3.8) is 0 Å². The van der Waals surface area contributed by atoms with Crippen molar-refractivity contribution < 1.29 is 29.4 Å². The number of H-pyrrole nitrogens is 3. The van der Waals surface area contributed by atoms with Crippen molar-refractivity contribution in [2.75, 3.05) is 63.1 Å². The summed E-state index contributed by atoms with van der Waals surface area (Å²) in [5, 5.41) is 37.3. The van der Waals surface area contributed by atoms with Gasteiger partial charge in [-0.25, -0.2) is 0 Å². The minimum absolute atomic E-state index is 0.0307. The molecule has 11 N–H and O–H groups in total. The number of fused-ring (bicyclic) bond motifs is 3. The number of anilines is 2. The first-order valence-electron chi connectivity index (χ1n) is 16.5. The van der Waals surface area contributed by atoms with E-state index >= 15 is 0 Å². The second kappa shape index (κ2) is 16.1. The van der Waals surface area contributed by atoms with Crippen molar-refractivity contribution >= 4 is 67.7 Å². The summed E-state index contributed by atoms with van der Waals surface area (Å²) in [7, 11) is 0. The Morgan fingerprint density at radius 3 is 1.51 bits per heavy atom. The van der Waals surface area contributed by atoms with E-state index in [1.807, 2.05) is 12.1 Å². The van der Waals surface area contributed by atoms with E-state index in [-0.39, 0.29) is 36.8 Å². The number of aliphatic hydroxyl groups excluding tert-OH is 2. The largest absolute Gasteiger partial charge is 0.395 e. The second-order valence-corrected chi connectivity index (χ2v) is 11.8. The number of carbonyl (C=O) groups is 4. The Hall–Kier alpha value is -6.00. The van der Waals surface area contributed by atoms with Gasteiger partial charge in [-0.3, -0.25) is 19.2 Å². The van der Waals surface area contributed by atoms with Crippen LogP contribution in [0.25, 0.3) is 32.7 Å². The average Bonchev–Trinajstić information content (AvgIpc) is 3.87. The highest BCUT2D eigenvalue weighted by atomic mass is 16.3. The van der Waals surface area contributed by atoms with Gasteiger partial charge in [-0.05, 0) is 60.7 Å². The molecule has 0 atom stereocenters. The second-order valence-electron chi connectivity index (χ2n) is 11.8. The normalized spacial score (nSPS) is 11.3. The molecule has 3 aromatic heterocycles. The Balaban J connectivity index is 1.06. The predicted octanol–water partition coefficient (Wildman–Crippen LogP) is 2.26. The molecule has 15 heteroatoms. The molecular formula is C36H39N9O6. The summed E-state index contributed by atoms with van der Waals surface area (Å²) in [6.07, 6.45) is 0. The smallest absolute Gasteiger partial charge is 0.272 e. The molecule has 0 unspecified atom stereocenters. The number of hydrogen-bond acceptors (Lipinski definition) is 8. The molecule has 0 spiro atoms. The van der Waals surface area contributed by atoms with E-state index in [4.69, 9.17) is 10.2 Å². The molecule has 6 aromatic rings. The number of amides is 4. The number of aromatic nitrogens is 3. The maximum absolute atomic E-state index is 13.2. The van der Waals surface area contributed by atoms with E-state index in [1.165, 1.54) is 0 Å². The molecule has 4 amide bonds. The minimum atomic E-state index is -0.373. The lowest BCUT2D eigenvalue weighted by Gasteiger charge is -2.06. The van der Waals surface area contributed by atoms with Crippen molar-refractivity contribution in [3.8, 4) is 0 Å². The van der Waals surface area contributed by atoms with Crippen LogP contribution in [0.4, 0.5) is 11.4 Å². The summed E-state index contributed by atoms with van der Waals surface area (Å²) in [5.74, 6) is -1.23. The summed E-state index contributed by atoms with van der Waals surface area (Å²) >= 11 is 0. The maximum Gasteiger partial charge on any atom is 0.272 e. The van der Waals surface area contributed by atoms with E-state index in [2.05, 4.69) is 46.9 Å². The van der Waals surface area contributed by atoms with E-state index in [1.54, 1.807) is 60.7 Å². The van der Waals surface area contributed by atoms with Crippen molar-refractivity contribution in [3.05, 3.63) is 95.4 Å². The van der Waals surface area contributed by atoms with Gasteiger partial charge in [0.25, 0.3) is 23.6 Å². The topological polar surface area (TPSA) is 228 Å². The predicted molar refractivity (Wildman–Crippen MR) is 195 cm³/mol. The summed E-state index contributed by atoms with van der Waals surface area (Å²) in [4.78, 5) is 60.7. The Kier molecular flexibility index (Phi) is 11.0. The highest BCUT2D eigenvalue weighted by molar-refractivity contribution is 6.10. The van der Waals surface area contributed by atoms with Gasteiger partial charge in [0.1, 0.15) is 17.1 Å². The summed E-state index contributed by atoms with van der Waals surface area (Å²) in [6, 6.07) is 20.9. The third-order valence-corrected chi connectivity index (χ3v) is 8.13. The fourth-order valence-corrected chi connectivity index (χ4v) is 5.58. The molecule has 51 heavy (non-hydrogen) atoms. The monoisotopic (exact) mass is 693 g/mol. The van der Waals surface area contributed by atoms with Crippen molar-refractivity contribution in [1.29, 1.82) is 0 Å². The zero-order chi connectivity index (χ0) is 35.7. The number of aliphatic hydroxyl groups is 2. The Bertz CT molecular complexity index is 2090. The van der Waals surface area contributed by atoms with Gasteiger partial charge >= 0.3 is 0 Å². The van der Waals surface area contributed by atoms with Gasteiger partial charge in [0.15, 0.2) is 0 Å². The van der Waals surface area contributed by atoms with Gasteiger partial charge in [-0.2, -0.15) is 0 Å². The van der Waals surface area contributed by atoms with Crippen LogP contribution in [0.5, 0.6) is 0 Å². The Labute approximate surface area is 291 Å². The molecule has 0 aliphatic rings. The fourth-order valence-electron chi connectivity index (χ4n) is 5.58. The first-order chi connectivity index (χ1) is 24.8. The highest BCUT2D eigenvalue weighted by Crippen LogP contribution is 2.24. The molecule has 6 rings (SSSR count). The van der Waals surface area contributed by atoms with Gasteiger partial charge in [0.2, 0.25) is 0 Å². The van der Waals surface area contributed by atoms with Crippen LogP contribution in [-0.2, 0) is 0 Å². The molecule has 0 aliphatic carbocycles. The minimum Gasteiger partial charge on any atom is -0.395 e. The molecular weight excluding hydrogens is 654 g/mol. The first-order valence-corrected chi connectivity index (χ1v) is 16.5. The van der Waals surface area contributed by atoms with Crippen LogP contribution in [0.1, 0.15) is 41.8 Å². The molecule has 0 fully saturated rings. The zero-order valence-corrected chi connectivity index (χ0v) is 27.6. The van der Waals surface area contributed by atoms with E-state index in [0.717, 1.165) is 10.8 Å². The summed E-state index contributed by atoms with van der Waals surface area (Å²) < 4.78 is 0. The third kappa shape index (κ3) is 8.60. The number of rotatable bonds is 16. The van der Waals surface area contributed by atoms with Gasteiger partial charge in [0.05, 0.1) is 13.2 Å². The number of carbonyl (C=O) groups excluding carboxylic acids is 4. The number of hydrogen-bond donors (Lipinski definition) is 11. The Morgan fingerprint density at radius 2 is 0.961 bits per heavy atom. The van der Waals surface area contributed by atoms with Gasteiger partial charge in [-0.1, -0.05) is 12.1 Å².